The molecule has 1 aliphatic heterocycles. The summed E-state index contributed by atoms with van der Waals surface area (Å²) >= 11 is 0. The summed E-state index contributed by atoms with van der Waals surface area (Å²) in [4.78, 5) is 2.58. The van der Waals surface area contributed by atoms with Crippen molar-refractivity contribution in [2.75, 3.05) is 46.6 Å². The van der Waals surface area contributed by atoms with Crippen molar-refractivity contribution < 1.29 is 9.47 Å². The summed E-state index contributed by atoms with van der Waals surface area (Å²) in [5.74, 6) is 0. The lowest BCUT2D eigenvalue weighted by Crippen LogP contribution is -2.52. The predicted molar refractivity (Wildman–Crippen MR) is 70.4 cm³/mol. The molecule has 102 valence electrons. The van der Waals surface area contributed by atoms with Gasteiger partial charge in [0.1, 0.15) is 0 Å². The molecule has 1 N–H and O–H groups in total. The highest BCUT2D eigenvalue weighted by Crippen LogP contribution is 2.13. The van der Waals surface area contributed by atoms with Crippen molar-refractivity contribution in [3.8, 4) is 0 Å². The van der Waals surface area contributed by atoms with Gasteiger partial charge in [-0.1, -0.05) is 6.92 Å². The van der Waals surface area contributed by atoms with Crippen LogP contribution in [-0.4, -0.2) is 63.5 Å². The molecule has 1 saturated heterocycles. The van der Waals surface area contributed by atoms with E-state index in [-0.39, 0.29) is 0 Å². The van der Waals surface area contributed by atoms with Gasteiger partial charge in [0.05, 0.1) is 13.2 Å². The standard InChI is InChI=1S/C13H28N2O2/c1-4-13-11-17-9-7-15(13)12(2)10-14-6-5-8-16-3/h12-14H,4-11H2,1-3H3. The number of methoxy groups -OCH3 is 1. The fraction of sp³-hybridized carbons (Fsp3) is 1.00. The van der Waals surface area contributed by atoms with Crippen molar-refractivity contribution in [1.82, 2.24) is 10.2 Å². The molecular formula is C13H28N2O2. The Morgan fingerprint density at radius 1 is 1.53 bits per heavy atom. The second-order valence-electron chi connectivity index (χ2n) is 4.77. The number of nitrogens with one attached hydrogen (secondary N) is 1. The third kappa shape index (κ3) is 5.34. The summed E-state index contributed by atoms with van der Waals surface area (Å²) in [6.07, 6.45) is 2.26. The first-order valence-corrected chi connectivity index (χ1v) is 6.82. The number of rotatable bonds is 8. The van der Waals surface area contributed by atoms with E-state index in [0.717, 1.165) is 45.9 Å². The zero-order valence-corrected chi connectivity index (χ0v) is 11.6. The van der Waals surface area contributed by atoms with Gasteiger partial charge in [0, 0.05) is 38.9 Å². The topological polar surface area (TPSA) is 33.7 Å². The lowest BCUT2D eigenvalue weighted by Gasteiger charge is -2.39. The molecule has 0 aliphatic carbocycles. The fourth-order valence-corrected chi connectivity index (χ4v) is 2.37. The highest BCUT2D eigenvalue weighted by Gasteiger charge is 2.25. The molecule has 1 heterocycles. The Morgan fingerprint density at radius 3 is 3.06 bits per heavy atom. The second kappa shape index (κ2) is 8.86. The molecule has 0 aromatic heterocycles. The summed E-state index contributed by atoms with van der Waals surface area (Å²) in [7, 11) is 1.75. The molecule has 17 heavy (non-hydrogen) atoms. The van der Waals surface area contributed by atoms with Crippen LogP contribution in [0.25, 0.3) is 0 Å². The molecule has 0 aromatic rings. The van der Waals surface area contributed by atoms with Gasteiger partial charge in [0.15, 0.2) is 0 Å². The Kier molecular flexibility index (Phi) is 7.77. The van der Waals surface area contributed by atoms with E-state index in [0.29, 0.717) is 12.1 Å². The molecule has 0 amide bonds. The Balaban J connectivity index is 2.18. The van der Waals surface area contributed by atoms with Crippen molar-refractivity contribution in [3.63, 3.8) is 0 Å². The molecule has 1 rings (SSSR count). The van der Waals surface area contributed by atoms with E-state index in [1.807, 2.05) is 0 Å². The minimum atomic E-state index is 0.589. The average molecular weight is 244 g/mol. The highest BCUT2D eigenvalue weighted by atomic mass is 16.5. The summed E-state index contributed by atoms with van der Waals surface area (Å²) in [5, 5.41) is 3.50. The monoisotopic (exact) mass is 244 g/mol. The maximum atomic E-state index is 5.53. The third-order valence-electron chi connectivity index (χ3n) is 3.45. The summed E-state index contributed by atoms with van der Waals surface area (Å²) < 4.78 is 10.6. The summed E-state index contributed by atoms with van der Waals surface area (Å²) in [6, 6.07) is 1.19. The molecule has 0 spiro atoms. The van der Waals surface area contributed by atoms with Gasteiger partial charge >= 0.3 is 0 Å². The Hall–Kier alpha value is -0.160. The first kappa shape index (κ1) is 14.9. The normalized spacial score (nSPS) is 23.8. The lowest BCUT2D eigenvalue weighted by molar-refractivity contribution is -0.0262. The predicted octanol–water partition coefficient (Wildman–Crippen LogP) is 1.11. The molecule has 0 saturated carbocycles. The number of nitrogens with zero attached hydrogens (tertiary/aromatic N) is 1. The number of hydrogen-bond acceptors (Lipinski definition) is 4. The fourth-order valence-electron chi connectivity index (χ4n) is 2.37. The van der Waals surface area contributed by atoms with Crippen LogP contribution in [0.2, 0.25) is 0 Å². The molecule has 2 atom stereocenters. The largest absolute Gasteiger partial charge is 0.385 e. The van der Waals surface area contributed by atoms with Crippen LogP contribution in [0.15, 0.2) is 0 Å². The minimum absolute atomic E-state index is 0.589. The van der Waals surface area contributed by atoms with Crippen molar-refractivity contribution in [3.05, 3.63) is 0 Å². The van der Waals surface area contributed by atoms with Gasteiger partial charge in [0.25, 0.3) is 0 Å². The summed E-state index contributed by atoms with van der Waals surface area (Å²) in [6.45, 7) is 10.3. The Morgan fingerprint density at radius 2 is 2.35 bits per heavy atom. The van der Waals surface area contributed by atoms with Gasteiger partial charge in [0.2, 0.25) is 0 Å². The van der Waals surface area contributed by atoms with E-state index in [1.54, 1.807) is 7.11 Å². The van der Waals surface area contributed by atoms with Gasteiger partial charge in [-0.25, -0.2) is 0 Å². The van der Waals surface area contributed by atoms with E-state index in [1.165, 1.54) is 6.42 Å². The maximum Gasteiger partial charge on any atom is 0.0622 e. The van der Waals surface area contributed by atoms with Crippen LogP contribution in [0, 0.1) is 0 Å². The zero-order valence-electron chi connectivity index (χ0n) is 11.6. The maximum absolute atomic E-state index is 5.53. The summed E-state index contributed by atoms with van der Waals surface area (Å²) in [5.41, 5.74) is 0. The lowest BCUT2D eigenvalue weighted by atomic mass is 10.1. The van der Waals surface area contributed by atoms with Crippen LogP contribution < -0.4 is 5.32 Å². The van der Waals surface area contributed by atoms with Crippen LogP contribution in [0.3, 0.4) is 0 Å². The second-order valence-corrected chi connectivity index (χ2v) is 4.77. The first-order chi connectivity index (χ1) is 8.29. The van der Waals surface area contributed by atoms with Crippen LogP contribution >= 0.6 is 0 Å². The molecule has 0 bridgehead atoms. The van der Waals surface area contributed by atoms with Crippen LogP contribution in [0.1, 0.15) is 26.7 Å². The Bertz CT molecular complexity index is 190. The van der Waals surface area contributed by atoms with Crippen molar-refractivity contribution in [2.24, 2.45) is 0 Å². The van der Waals surface area contributed by atoms with Crippen LogP contribution in [0.4, 0.5) is 0 Å². The van der Waals surface area contributed by atoms with Crippen LogP contribution in [0.5, 0.6) is 0 Å². The van der Waals surface area contributed by atoms with E-state index < -0.39 is 0 Å². The third-order valence-corrected chi connectivity index (χ3v) is 3.45. The minimum Gasteiger partial charge on any atom is -0.385 e. The molecule has 2 unspecified atom stereocenters. The highest BCUT2D eigenvalue weighted by molar-refractivity contribution is 4.79. The quantitative estimate of drug-likeness (QED) is 0.649. The number of hydrogen-bond donors (Lipinski definition) is 1. The van der Waals surface area contributed by atoms with Crippen molar-refractivity contribution in [2.45, 2.75) is 38.8 Å². The Labute approximate surface area is 106 Å². The van der Waals surface area contributed by atoms with Crippen molar-refractivity contribution >= 4 is 0 Å². The molecule has 0 radical (unpaired) electrons. The molecular weight excluding hydrogens is 216 g/mol. The van der Waals surface area contributed by atoms with E-state index >= 15 is 0 Å². The average Bonchev–Trinajstić information content (AvgIpc) is 2.38. The molecule has 4 heteroatoms. The van der Waals surface area contributed by atoms with Gasteiger partial charge in [-0.05, 0) is 26.3 Å². The SMILES string of the molecule is CCC1COCCN1C(C)CNCCCOC. The van der Waals surface area contributed by atoms with E-state index in [9.17, 15) is 0 Å². The zero-order chi connectivity index (χ0) is 12.5. The molecule has 1 aliphatic rings. The molecule has 1 fully saturated rings. The van der Waals surface area contributed by atoms with E-state index in [4.69, 9.17) is 9.47 Å². The van der Waals surface area contributed by atoms with Gasteiger partial charge in [-0.15, -0.1) is 0 Å². The van der Waals surface area contributed by atoms with Gasteiger partial charge in [-0.2, -0.15) is 0 Å². The van der Waals surface area contributed by atoms with Crippen LogP contribution in [-0.2, 0) is 9.47 Å². The molecule has 0 aromatic carbocycles. The number of morpholine rings is 1. The molecule has 4 nitrogen and oxygen atoms in total. The van der Waals surface area contributed by atoms with E-state index in [2.05, 4.69) is 24.1 Å². The van der Waals surface area contributed by atoms with Gasteiger partial charge < -0.3 is 14.8 Å². The van der Waals surface area contributed by atoms with Gasteiger partial charge in [-0.3, -0.25) is 4.90 Å². The number of ether oxygens (including phenoxy) is 2. The first-order valence-electron chi connectivity index (χ1n) is 6.82. The smallest absolute Gasteiger partial charge is 0.0622 e. The van der Waals surface area contributed by atoms with Crippen molar-refractivity contribution in [1.29, 1.82) is 0 Å².